The molecule has 3 heterocycles. The fourth-order valence-corrected chi connectivity index (χ4v) is 8.72. The zero-order valence-electron chi connectivity index (χ0n) is 38.2. The Morgan fingerprint density at radius 2 is 1.63 bits per heavy atom. The Morgan fingerprint density at radius 3 is 2.36 bits per heavy atom. The molecule has 2 aliphatic rings. The molecule has 6 rings (SSSR count). The zero-order chi connectivity index (χ0) is 48.1. The number of anilines is 5. The van der Waals surface area contributed by atoms with Crippen LogP contribution in [0.3, 0.4) is 0 Å². The summed E-state index contributed by atoms with van der Waals surface area (Å²) in [6, 6.07) is 15.0. The summed E-state index contributed by atoms with van der Waals surface area (Å²) in [4.78, 5) is 74.8. The molecule has 5 amide bonds. The summed E-state index contributed by atoms with van der Waals surface area (Å²) in [6.07, 6.45) is 2.37. The molecule has 21 heteroatoms. The number of hydrogen-bond donors (Lipinski definition) is 5. The number of methoxy groups -OCH3 is 1. The van der Waals surface area contributed by atoms with E-state index in [0.29, 0.717) is 72.3 Å². The first kappa shape index (κ1) is 50.5. The highest BCUT2D eigenvalue weighted by atomic mass is 35.5. The van der Waals surface area contributed by atoms with Crippen LogP contribution < -0.4 is 36.6 Å². The number of piperidine rings is 1. The van der Waals surface area contributed by atoms with E-state index in [9.17, 15) is 28.5 Å². The van der Waals surface area contributed by atoms with Crippen molar-refractivity contribution in [2.75, 3.05) is 109 Å². The Morgan fingerprint density at radius 1 is 0.910 bits per heavy atom. The Kier molecular flexibility index (Phi) is 17.8. The molecule has 0 spiro atoms. The maximum absolute atomic E-state index is 13.2. The predicted molar refractivity (Wildman–Crippen MR) is 255 cm³/mol. The van der Waals surface area contributed by atoms with Crippen LogP contribution in [-0.2, 0) is 39.6 Å². The molecule has 1 atom stereocenters. The molecule has 5 N–H and O–H groups in total. The van der Waals surface area contributed by atoms with E-state index < -0.39 is 36.8 Å². The summed E-state index contributed by atoms with van der Waals surface area (Å²) in [5.74, 6) is -1.44. The van der Waals surface area contributed by atoms with Crippen LogP contribution in [0.25, 0.3) is 0 Å². The number of benzene rings is 3. The molecule has 358 valence electrons. The summed E-state index contributed by atoms with van der Waals surface area (Å²) >= 11 is 6.46. The Labute approximate surface area is 394 Å². The zero-order valence-corrected chi connectivity index (χ0v) is 39.9. The number of nitrogens with zero attached hydrogens (tertiary/aromatic N) is 4. The van der Waals surface area contributed by atoms with E-state index in [0.717, 1.165) is 35.5 Å². The standard InChI is InChI=1S/C46H57ClN9O10P/c1-29-25-35(52-46-50-27-32(47)42(54-46)51-33-10-6-7-12-38(33)67(4,5)62)37(63-3)26-30(29)15-17-55(2)18-20-65-22-24-66-23-21-64-19-16-48-40(58)28-49-34-11-8-9-31-41(34)45(61)56(44(31)60)36-13-14-39(57)53-43(36)59/h6-12,25-27,36,49H,13-24,28H2,1-5H3,(H,48,58)(H,53,57,59)(H2,50,51,52,54). The van der Waals surface area contributed by atoms with E-state index in [2.05, 4.69) is 41.5 Å². The Hall–Kier alpha value is -5.95. The van der Waals surface area contributed by atoms with Gasteiger partial charge < -0.3 is 49.7 Å². The van der Waals surface area contributed by atoms with E-state index in [-0.39, 0.29) is 55.3 Å². The van der Waals surface area contributed by atoms with E-state index in [1.54, 1.807) is 32.6 Å². The van der Waals surface area contributed by atoms with Gasteiger partial charge in [-0.2, -0.15) is 4.98 Å². The van der Waals surface area contributed by atoms with Gasteiger partial charge in [-0.25, -0.2) is 4.98 Å². The van der Waals surface area contributed by atoms with Crippen LogP contribution in [0, 0.1) is 6.92 Å². The van der Waals surface area contributed by atoms with Gasteiger partial charge in [0.2, 0.25) is 23.7 Å². The fourth-order valence-electron chi connectivity index (χ4n) is 7.43. The minimum absolute atomic E-state index is 0.0212. The molecule has 1 fully saturated rings. The number of aromatic nitrogens is 2. The number of hydrogen-bond acceptors (Lipinski definition) is 16. The van der Waals surface area contributed by atoms with Crippen molar-refractivity contribution in [3.05, 3.63) is 88.1 Å². The monoisotopic (exact) mass is 961 g/mol. The molecule has 1 saturated heterocycles. The molecule has 1 aromatic heterocycles. The van der Waals surface area contributed by atoms with Gasteiger partial charge in [0.05, 0.1) is 82.0 Å². The second-order valence-corrected chi connectivity index (χ2v) is 19.8. The van der Waals surface area contributed by atoms with Crippen molar-refractivity contribution < 1.29 is 47.5 Å². The summed E-state index contributed by atoms with van der Waals surface area (Å²) in [6.45, 7) is 9.44. The molecule has 2 aliphatic heterocycles. The van der Waals surface area contributed by atoms with E-state index in [1.807, 2.05) is 50.4 Å². The van der Waals surface area contributed by atoms with Crippen molar-refractivity contribution in [2.45, 2.75) is 32.2 Å². The number of imide groups is 2. The van der Waals surface area contributed by atoms with Crippen molar-refractivity contribution in [2.24, 2.45) is 0 Å². The van der Waals surface area contributed by atoms with Gasteiger partial charge in [-0.1, -0.05) is 29.8 Å². The topological polar surface area (TPSA) is 232 Å². The minimum atomic E-state index is -2.56. The molecule has 0 bridgehead atoms. The highest BCUT2D eigenvalue weighted by Crippen LogP contribution is 2.39. The molecular formula is C46H57ClN9O10P. The second kappa shape index (κ2) is 23.7. The van der Waals surface area contributed by atoms with Crippen LogP contribution in [0.1, 0.15) is 44.7 Å². The number of amides is 5. The van der Waals surface area contributed by atoms with Gasteiger partial charge in [-0.3, -0.25) is 34.2 Å². The first-order valence-corrected chi connectivity index (χ1v) is 24.8. The largest absolute Gasteiger partial charge is 0.495 e. The molecule has 3 aromatic carbocycles. The SMILES string of the molecule is COc1cc(CCN(C)CCOCCOCCOCCNC(=O)CNc2cccc3c2C(=O)N(C2CCC(=O)NC2=O)C3=O)c(C)cc1Nc1ncc(Cl)c(Nc2ccccc2P(C)(C)=O)n1. The van der Waals surface area contributed by atoms with E-state index in [4.69, 9.17) is 30.5 Å². The lowest BCUT2D eigenvalue weighted by molar-refractivity contribution is -0.136. The molecule has 0 saturated carbocycles. The van der Waals surface area contributed by atoms with Crippen LogP contribution in [0.15, 0.2) is 60.8 Å². The van der Waals surface area contributed by atoms with E-state index in [1.165, 1.54) is 12.3 Å². The molecule has 4 aromatic rings. The number of aryl methyl sites for hydroxylation is 1. The number of fused-ring (bicyclic) bond motifs is 1. The summed E-state index contributed by atoms with van der Waals surface area (Å²) < 4.78 is 35.6. The quantitative estimate of drug-likeness (QED) is 0.0353. The van der Waals surface area contributed by atoms with Crippen LogP contribution in [0.2, 0.25) is 5.02 Å². The number of carbonyl (C=O) groups excluding carboxylic acids is 5. The van der Waals surface area contributed by atoms with Crippen molar-refractivity contribution in [3.8, 4) is 5.75 Å². The van der Waals surface area contributed by atoms with Crippen LogP contribution in [0.4, 0.5) is 28.8 Å². The summed E-state index contributed by atoms with van der Waals surface area (Å²) in [7, 11) is 1.09. The van der Waals surface area contributed by atoms with Gasteiger partial charge in [0, 0.05) is 37.0 Å². The summed E-state index contributed by atoms with van der Waals surface area (Å²) in [5.41, 5.74) is 4.07. The highest BCUT2D eigenvalue weighted by molar-refractivity contribution is 7.70. The van der Waals surface area contributed by atoms with Crippen molar-refractivity contribution in [1.29, 1.82) is 0 Å². The van der Waals surface area contributed by atoms with Crippen molar-refractivity contribution >= 4 is 82.4 Å². The number of likely N-dealkylation sites (N-methyl/N-ethyl adjacent to an activating group) is 1. The number of para-hydroxylation sites is 1. The third-order valence-corrected chi connectivity index (χ3v) is 12.8. The van der Waals surface area contributed by atoms with Gasteiger partial charge in [-0.15, -0.1) is 0 Å². The van der Waals surface area contributed by atoms with Crippen LogP contribution in [0.5, 0.6) is 5.75 Å². The number of ether oxygens (including phenoxy) is 4. The number of halogens is 1. The Bertz CT molecular complexity index is 2510. The first-order valence-electron chi connectivity index (χ1n) is 21.8. The number of carbonyl (C=O) groups is 5. The van der Waals surface area contributed by atoms with Gasteiger partial charge in [0.25, 0.3) is 11.8 Å². The molecule has 0 aliphatic carbocycles. The van der Waals surface area contributed by atoms with Crippen LogP contribution >= 0.6 is 18.7 Å². The second-order valence-electron chi connectivity index (χ2n) is 16.3. The van der Waals surface area contributed by atoms with Gasteiger partial charge in [0.1, 0.15) is 24.0 Å². The fraction of sp³-hybridized carbons (Fsp3) is 0.413. The number of nitrogens with one attached hydrogen (secondary N) is 5. The molecule has 0 radical (unpaired) electrons. The summed E-state index contributed by atoms with van der Waals surface area (Å²) in [5, 5.41) is 15.3. The average molecular weight is 962 g/mol. The van der Waals surface area contributed by atoms with Gasteiger partial charge in [0.15, 0.2) is 5.82 Å². The van der Waals surface area contributed by atoms with Gasteiger partial charge in [-0.05, 0) is 87.7 Å². The smallest absolute Gasteiger partial charge is 0.264 e. The van der Waals surface area contributed by atoms with Crippen LogP contribution in [-0.4, -0.2) is 149 Å². The Balaban J connectivity index is 0.815. The molecule has 67 heavy (non-hydrogen) atoms. The van der Waals surface area contributed by atoms with E-state index >= 15 is 0 Å². The van der Waals surface area contributed by atoms with Crippen molar-refractivity contribution in [3.63, 3.8) is 0 Å². The lowest BCUT2D eigenvalue weighted by Gasteiger charge is -2.27. The highest BCUT2D eigenvalue weighted by Gasteiger charge is 2.45. The first-order chi connectivity index (χ1) is 32.1. The average Bonchev–Trinajstić information content (AvgIpc) is 3.55. The molecule has 19 nitrogen and oxygen atoms in total. The predicted octanol–water partition coefficient (Wildman–Crippen LogP) is 4.34. The van der Waals surface area contributed by atoms with Gasteiger partial charge >= 0.3 is 0 Å². The molecular weight excluding hydrogens is 905 g/mol. The maximum Gasteiger partial charge on any atom is 0.264 e. The normalized spacial score (nSPS) is 14.9. The minimum Gasteiger partial charge on any atom is -0.495 e. The lowest BCUT2D eigenvalue weighted by Crippen LogP contribution is -2.54. The lowest BCUT2D eigenvalue weighted by atomic mass is 10.0. The maximum atomic E-state index is 13.2. The molecule has 1 unspecified atom stereocenters. The number of rotatable bonds is 25. The van der Waals surface area contributed by atoms with Crippen molar-refractivity contribution in [1.82, 2.24) is 30.4 Å². The third kappa shape index (κ3) is 13.6. The third-order valence-electron chi connectivity index (χ3n) is 11.0.